The van der Waals surface area contributed by atoms with E-state index >= 15 is 0 Å². The first kappa shape index (κ1) is 15.4. The maximum Gasteiger partial charge on any atom is 0.455 e. The lowest BCUT2D eigenvalue weighted by Crippen LogP contribution is -2.39. The molecule has 0 spiro atoms. The van der Waals surface area contributed by atoms with Gasteiger partial charge in [0.25, 0.3) is 0 Å². The first-order valence-electron chi connectivity index (χ1n) is 4.63. The van der Waals surface area contributed by atoms with Crippen LogP contribution in [-0.4, -0.2) is 24.9 Å². The zero-order valence-corrected chi connectivity index (χ0v) is 8.91. The van der Waals surface area contributed by atoms with Crippen LogP contribution in [0.1, 0.15) is 5.56 Å². The molecular formula is C10H5F8N. The molecule has 0 aromatic heterocycles. The van der Waals surface area contributed by atoms with E-state index in [1.54, 1.807) is 0 Å². The van der Waals surface area contributed by atoms with Gasteiger partial charge in [0, 0.05) is 18.3 Å². The minimum atomic E-state index is -5.82. The molecule has 0 N–H and O–H groups in total. The molecule has 0 bridgehead atoms. The van der Waals surface area contributed by atoms with Crippen molar-refractivity contribution in [3.63, 3.8) is 0 Å². The summed E-state index contributed by atoms with van der Waals surface area (Å²) in [6.45, 7) is -2.02. The van der Waals surface area contributed by atoms with E-state index in [2.05, 4.69) is 4.99 Å². The predicted molar refractivity (Wildman–Crippen MR) is 49.8 cm³/mol. The second kappa shape index (κ2) is 5.14. The number of rotatable bonds is 3. The monoisotopic (exact) mass is 291 g/mol. The highest BCUT2D eigenvalue weighted by Gasteiger charge is 2.57. The molecule has 0 unspecified atom stereocenters. The molecule has 19 heavy (non-hydrogen) atoms. The Labute approximate surface area is 101 Å². The standard InChI is InChI=1S/C10H5F8N/c11-5-1-7(12)6(8(13)2-5)3-19-4-9(14,15)10(16,17)18/h1-3H,4H2. The molecule has 0 fully saturated rings. The third-order valence-corrected chi connectivity index (χ3v) is 1.97. The first-order valence-corrected chi connectivity index (χ1v) is 4.63. The van der Waals surface area contributed by atoms with Crippen molar-refractivity contribution in [2.75, 3.05) is 6.54 Å². The molecule has 9 heteroatoms. The number of alkyl halides is 5. The molecule has 0 heterocycles. The van der Waals surface area contributed by atoms with Crippen LogP contribution in [0.15, 0.2) is 17.1 Å². The summed E-state index contributed by atoms with van der Waals surface area (Å²) in [4.78, 5) is 2.63. The second-order valence-electron chi connectivity index (χ2n) is 3.46. The highest BCUT2D eigenvalue weighted by Crippen LogP contribution is 2.35. The van der Waals surface area contributed by atoms with E-state index in [0.717, 1.165) is 0 Å². The molecule has 106 valence electrons. The Kier molecular flexibility index (Phi) is 4.16. The number of nitrogens with zero attached hydrogens (tertiary/aromatic N) is 1. The van der Waals surface area contributed by atoms with Gasteiger partial charge in [-0.3, -0.25) is 4.99 Å². The van der Waals surface area contributed by atoms with Crippen LogP contribution in [0.25, 0.3) is 0 Å². The lowest BCUT2D eigenvalue weighted by Gasteiger charge is -2.16. The van der Waals surface area contributed by atoms with Gasteiger partial charge >= 0.3 is 12.1 Å². The van der Waals surface area contributed by atoms with E-state index in [0.29, 0.717) is 0 Å². The predicted octanol–water partition coefficient (Wildman–Crippen LogP) is 3.72. The number of aliphatic imine (C=N–C) groups is 1. The quantitative estimate of drug-likeness (QED) is 0.594. The Morgan fingerprint density at radius 1 is 0.947 bits per heavy atom. The van der Waals surface area contributed by atoms with Crippen molar-refractivity contribution in [3.8, 4) is 0 Å². The minimum absolute atomic E-state index is 0.157. The molecule has 0 amide bonds. The van der Waals surface area contributed by atoms with Gasteiger partial charge < -0.3 is 0 Å². The van der Waals surface area contributed by atoms with Crippen molar-refractivity contribution >= 4 is 6.21 Å². The second-order valence-corrected chi connectivity index (χ2v) is 3.46. The van der Waals surface area contributed by atoms with Crippen LogP contribution in [0, 0.1) is 17.5 Å². The Hall–Kier alpha value is -1.67. The summed E-state index contributed by atoms with van der Waals surface area (Å²) in [6, 6.07) is 0.485. The van der Waals surface area contributed by atoms with E-state index < -0.39 is 41.7 Å². The smallest absolute Gasteiger partial charge is 0.286 e. The van der Waals surface area contributed by atoms with Gasteiger partial charge in [-0.05, 0) is 0 Å². The molecule has 0 saturated heterocycles. The van der Waals surface area contributed by atoms with Gasteiger partial charge in [-0.1, -0.05) is 0 Å². The Bertz CT molecular complexity index is 468. The Morgan fingerprint density at radius 2 is 1.42 bits per heavy atom. The third kappa shape index (κ3) is 3.65. The molecule has 0 radical (unpaired) electrons. The molecular weight excluding hydrogens is 286 g/mol. The third-order valence-electron chi connectivity index (χ3n) is 1.97. The topological polar surface area (TPSA) is 12.4 Å². The number of hydrogen-bond acceptors (Lipinski definition) is 1. The van der Waals surface area contributed by atoms with E-state index in [9.17, 15) is 35.1 Å². The number of benzene rings is 1. The van der Waals surface area contributed by atoms with Crippen molar-refractivity contribution in [3.05, 3.63) is 35.1 Å². The molecule has 0 aliphatic carbocycles. The van der Waals surface area contributed by atoms with Gasteiger partial charge in [-0.25, -0.2) is 13.2 Å². The molecule has 0 atom stereocenters. The summed E-state index contributed by atoms with van der Waals surface area (Å²) in [5.74, 6) is -9.29. The van der Waals surface area contributed by atoms with Gasteiger partial charge in [0.05, 0.1) is 5.56 Å². The van der Waals surface area contributed by atoms with Crippen molar-refractivity contribution in [2.45, 2.75) is 12.1 Å². The molecule has 0 saturated carbocycles. The average Bonchev–Trinajstić information content (AvgIpc) is 2.20. The largest absolute Gasteiger partial charge is 0.455 e. The van der Waals surface area contributed by atoms with E-state index in [4.69, 9.17) is 0 Å². The highest BCUT2D eigenvalue weighted by molar-refractivity contribution is 5.80. The molecule has 0 aliphatic heterocycles. The van der Waals surface area contributed by atoms with Crippen LogP contribution in [-0.2, 0) is 0 Å². The fourth-order valence-electron chi connectivity index (χ4n) is 1.02. The van der Waals surface area contributed by atoms with E-state index in [1.165, 1.54) is 0 Å². The van der Waals surface area contributed by atoms with Crippen LogP contribution < -0.4 is 0 Å². The SMILES string of the molecule is Fc1cc(F)c(C=NCC(F)(F)C(F)(F)F)c(F)c1. The van der Waals surface area contributed by atoms with Crippen LogP contribution in [0.5, 0.6) is 0 Å². The van der Waals surface area contributed by atoms with Crippen molar-refractivity contribution in [1.82, 2.24) is 0 Å². The molecule has 1 aromatic carbocycles. The van der Waals surface area contributed by atoms with Crippen molar-refractivity contribution in [2.24, 2.45) is 4.99 Å². The normalized spacial score (nSPS) is 13.3. The van der Waals surface area contributed by atoms with E-state index in [1.807, 2.05) is 0 Å². The summed E-state index contributed by atoms with van der Waals surface area (Å²) in [6.07, 6.45) is -5.66. The van der Waals surface area contributed by atoms with Gasteiger partial charge in [-0.15, -0.1) is 0 Å². The van der Waals surface area contributed by atoms with Crippen LogP contribution in [0.4, 0.5) is 35.1 Å². The van der Waals surface area contributed by atoms with Gasteiger partial charge in [-0.2, -0.15) is 22.0 Å². The first-order chi connectivity index (χ1) is 8.54. The van der Waals surface area contributed by atoms with Gasteiger partial charge in [0.2, 0.25) is 0 Å². The van der Waals surface area contributed by atoms with Gasteiger partial charge in [0.1, 0.15) is 24.0 Å². The van der Waals surface area contributed by atoms with Crippen LogP contribution in [0.2, 0.25) is 0 Å². The summed E-state index contributed by atoms with van der Waals surface area (Å²) in [5.41, 5.74) is -1.00. The molecule has 0 aliphatic rings. The summed E-state index contributed by atoms with van der Waals surface area (Å²) >= 11 is 0. The highest BCUT2D eigenvalue weighted by atomic mass is 19.4. The Balaban J connectivity index is 2.90. The maximum absolute atomic E-state index is 13.0. The maximum atomic E-state index is 13.0. The summed E-state index contributed by atoms with van der Waals surface area (Å²) in [5, 5.41) is 0. The minimum Gasteiger partial charge on any atom is -0.286 e. The Morgan fingerprint density at radius 3 is 1.84 bits per heavy atom. The van der Waals surface area contributed by atoms with Crippen molar-refractivity contribution < 1.29 is 35.1 Å². The van der Waals surface area contributed by atoms with E-state index in [-0.39, 0.29) is 18.3 Å². The van der Waals surface area contributed by atoms with Gasteiger partial charge in [0.15, 0.2) is 0 Å². The molecule has 1 aromatic rings. The van der Waals surface area contributed by atoms with Crippen molar-refractivity contribution in [1.29, 1.82) is 0 Å². The lowest BCUT2D eigenvalue weighted by atomic mass is 10.2. The zero-order valence-electron chi connectivity index (χ0n) is 8.91. The lowest BCUT2D eigenvalue weighted by molar-refractivity contribution is -0.276. The number of halogens is 8. The summed E-state index contributed by atoms with van der Waals surface area (Å²) in [7, 11) is 0. The fourth-order valence-corrected chi connectivity index (χ4v) is 1.02. The molecule has 1 rings (SSSR count). The van der Waals surface area contributed by atoms with Crippen LogP contribution in [0.3, 0.4) is 0 Å². The number of hydrogen-bond donors (Lipinski definition) is 0. The summed E-state index contributed by atoms with van der Waals surface area (Å²) < 4.78 is 98.5. The average molecular weight is 291 g/mol. The van der Waals surface area contributed by atoms with Crippen LogP contribution >= 0.6 is 0 Å². The fraction of sp³-hybridized carbons (Fsp3) is 0.300. The zero-order chi connectivity index (χ0) is 14.8. The molecule has 1 nitrogen and oxygen atoms in total.